The van der Waals surface area contributed by atoms with Crippen LogP contribution in [-0.2, 0) is 16.0 Å². The van der Waals surface area contributed by atoms with E-state index in [2.05, 4.69) is 0 Å². The van der Waals surface area contributed by atoms with Crippen molar-refractivity contribution in [2.75, 3.05) is 13.4 Å². The van der Waals surface area contributed by atoms with Crippen molar-refractivity contribution in [3.63, 3.8) is 0 Å². The van der Waals surface area contributed by atoms with Crippen LogP contribution in [-0.4, -0.2) is 25.2 Å². The number of ether oxygens (including phenoxy) is 3. The van der Waals surface area contributed by atoms with Gasteiger partial charge in [-0.15, -0.1) is 0 Å². The van der Waals surface area contributed by atoms with E-state index in [0.717, 1.165) is 0 Å². The molecule has 0 aromatic heterocycles. The monoisotopic (exact) mass is 350 g/mol. The molecule has 0 fully saturated rings. The minimum atomic E-state index is -0.740. The Balaban J connectivity index is 1.59. The van der Waals surface area contributed by atoms with E-state index in [1.54, 1.807) is 12.1 Å². The number of halogens is 2. The minimum absolute atomic E-state index is 0.0414. The predicted molar refractivity (Wildman–Crippen MR) is 83.0 cm³/mol. The van der Waals surface area contributed by atoms with Gasteiger partial charge in [0.25, 0.3) is 0 Å². The lowest BCUT2D eigenvalue weighted by molar-refractivity contribution is -0.141. The Labute approximate surface area is 141 Å². The minimum Gasteiger partial charge on any atom is -0.457 e. The van der Waals surface area contributed by atoms with Gasteiger partial charge in [0.05, 0.1) is 6.42 Å². The average molecular weight is 351 g/mol. The molecule has 1 heterocycles. The molecule has 0 saturated heterocycles. The maximum absolute atomic E-state index is 13.6. The number of esters is 1. The molecule has 0 saturated carbocycles. The SMILES string of the molecule is O=C(Cc1c(F)cccc1Cl)OCC(=O)c1ccc2c(c1)OCO2. The summed E-state index contributed by atoms with van der Waals surface area (Å²) in [7, 11) is 0. The summed E-state index contributed by atoms with van der Waals surface area (Å²) in [6.45, 7) is -0.351. The third kappa shape index (κ3) is 3.49. The summed E-state index contributed by atoms with van der Waals surface area (Å²) in [6.07, 6.45) is -0.347. The van der Waals surface area contributed by atoms with Crippen molar-refractivity contribution >= 4 is 23.4 Å². The van der Waals surface area contributed by atoms with E-state index in [9.17, 15) is 14.0 Å². The number of hydrogen-bond donors (Lipinski definition) is 0. The van der Waals surface area contributed by atoms with Gasteiger partial charge < -0.3 is 14.2 Å². The predicted octanol–water partition coefficient (Wildman–Crippen LogP) is 3.18. The number of carbonyl (C=O) groups excluding carboxylic acids is 2. The Morgan fingerprint density at radius 3 is 2.75 bits per heavy atom. The molecule has 0 unspecified atom stereocenters. The standard InChI is InChI=1S/C17H12ClFO5/c18-12-2-1-3-13(19)11(12)7-17(21)22-8-14(20)10-4-5-15-16(6-10)24-9-23-15/h1-6H,7-9H2. The molecule has 1 aliphatic rings. The first-order chi connectivity index (χ1) is 11.5. The van der Waals surface area contributed by atoms with E-state index in [1.807, 2.05) is 0 Å². The smallest absolute Gasteiger partial charge is 0.310 e. The molecule has 0 spiro atoms. The van der Waals surface area contributed by atoms with Crippen LogP contribution in [0.4, 0.5) is 4.39 Å². The second-order valence-electron chi connectivity index (χ2n) is 5.03. The number of carbonyl (C=O) groups is 2. The van der Waals surface area contributed by atoms with Crippen LogP contribution in [0.15, 0.2) is 36.4 Å². The molecular weight excluding hydrogens is 339 g/mol. The van der Waals surface area contributed by atoms with Crippen LogP contribution in [0.2, 0.25) is 5.02 Å². The van der Waals surface area contributed by atoms with Crippen molar-refractivity contribution in [3.8, 4) is 11.5 Å². The summed E-state index contributed by atoms with van der Waals surface area (Å²) < 4.78 is 28.9. The first kappa shape index (κ1) is 16.3. The summed E-state index contributed by atoms with van der Waals surface area (Å²) in [5.74, 6) is -0.720. The molecule has 0 aliphatic carbocycles. The van der Waals surface area contributed by atoms with Crippen LogP contribution < -0.4 is 9.47 Å². The third-order valence-electron chi connectivity index (χ3n) is 3.44. The Kier molecular flexibility index (Phi) is 4.66. The molecule has 0 atom stereocenters. The van der Waals surface area contributed by atoms with Crippen LogP contribution in [0.1, 0.15) is 15.9 Å². The molecule has 0 bridgehead atoms. The van der Waals surface area contributed by atoms with Crippen molar-refractivity contribution in [2.24, 2.45) is 0 Å². The molecular formula is C17H12ClFO5. The number of benzene rings is 2. The van der Waals surface area contributed by atoms with E-state index in [0.29, 0.717) is 17.1 Å². The zero-order valence-electron chi connectivity index (χ0n) is 12.4. The fraction of sp³-hybridized carbons (Fsp3) is 0.176. The first-order valence-corrected chi connectivity index (χ1v) is 7.44. The number of Topliss-reactive ketones (excluding diaryl/α,β-unsaturated/α-hetero) is 1. The number of hydrogen-bond acceptors (Lipinski definition) is 5. The van der Waals surface area contributed by atoms with Gasteiger partial charge in [-0.05, 0) is 30.3 Å². The molecule has 1 aliphatic heterocycles. The van der Waals surface area contributed by atoms with Gasteiger partial charge in [-0.25, -0.2) is 4.39 Å². The van der Waals surface area contributed by atoms with Crippen LogP contribution in [0.3, 0.4) is 0 Å². The zero-order chi connectivity index (χ0) is 17.1. The topological polar surface area (TPSA) is 61.8 Å². The lowest BCUT2D eigenvalue weighted by atomic mass is 10.1. The van der Waals surface area contributed by atoms with E-state index >= 15 is 0 Å². The van der Waals surface area contributed by atoms with E-state index in [-0.39, 0.29) is 23.8 Å². The van der Waals surface area contributed by atoms with Crippen molar-refractivity contribution < 1.29 is 28.2 Å². The number of ketones is 1. The molecule has 2 aromatic carbocycles. The summed E-state index contributed by atoms with van der Waals surface area (Å²) in [6, 6.07) is 8.80. The van der Waals surface area contributed by atoms with Crippen LogP contribution >= 0.6 is 11.6 Å². The van der Waals surface area contributed by atoms with E-state index in [4.69, 9.17) is 25.8 Å². The maximum atomic E-state index is 13.6. The van der Waals surface area contributed by atoms with Gasteiger partial charge >= 0.3 is 5.97 Å². The largest absolute Gasteiger partial charge is 0.457 e. The highest BCUT2D eigenvalue weighted by molar-refractivity contribution is 6.31. The third-order valence-corrected chi connectivity index (χ3v) is 3.80. The fourth-order valence-corrected chi connectivity index (χ4v) is 2.43. The van der Waals surface area contributed by atoms with E-state index < -0.39 is 24.2 Å². The van der Waals surface area contributed by atoms with Gasteiger partial charge in [0.2, 0.25) is 6.79 Å². The maximum Gasteiger partial charge on any atom is 0.310 e. The van der Waals surface area contributed by atoms with Gasteiger partial charge in [-0.3, -0.25) is 9.59 Å². The molecule has 0 radical (unpaired) electrons. The van der Waals surface area contributed by atoms with Gasteiger partial charge in [0.15, 0.2) is 23.9 Å². The summed E-state index contributed by atoms with van der Waals surface area (Å²) in [5.41, 5.74) is 0.371. The average Bonchev–Trinajstić information content (AvgIpc) is 3.03. The van der Waals surface area contributed by atoms with Crippen molar-refractivity contribution in [1.82, 2.24) is 0 Å². The van der Waals surface area contributed by atoms with Gasteiger partial charge in [-0.2, -0.15) is 0 Å². The summed E-state index contributed by atoms with van der Waals surface area (Å²) in [4.78, 5) is 23.9. The second-order valence-corrected chi connectivity index (χ2v) is 5.44. The highest BCUT2D eigenvalue weighted by Gasteiger charge is 2.18. The molecule has 24 heavy (non-hydrogen) atoms. The normalized spacial score (nSPS) is 12.1. The molecule has 0 amide bonds. The summed E-state index contributed by atoms with van der Waals surface area (Å²) >= 11 is 5.85. The van der Waals surface area contributed by atoms with Crippen molar-refractivity contribution in [2.45, 2.75) is 6.42 Å². The number of rotatable bonds is 5. The Morgan fingerprint density at radius 2 is 1.96 bits per heavy atom. The first-order valence-electron chi connectivity index (χ1n) is 7.06. The quantitative estimate of drug-likeness (QED) is 0.612. The molecule has 3 rings (SSSR count). The molecule has 124 valence electrons. The molecule has 2 aromatic rings. The van der Waals surface area contributed by atoms with Crippen molar-refractivity contribution in [3.05, 3.63) is 58.4 Å². The van der Waals surface area contributed by atoms with Crippen LogP contribution in [0.25, 0.3) is 0 Å². The number of fused-ring (bicyclic) bond motifs is 1. The zero-order valence-corrected chi connectivity index (χ0v) is 13.1. The lowest BCUT2D eigenvalue weighted by Crippen LogP contribution is -2.16. The highest BCUT2D eigenvalue weighted by atomic mass is 35.5. The second kappa shape index (κ2) is 6.88. The van der Waals surface area contributed by atoms with Crippen LogP contribution in [0, 0.1) is 5.82 Å². The van der Waals surface area contributed by atoms with Gasteiger partial charge in [-0.1, -0.05) is 17.7 Å². The van der Waals surface area contributed by atoms with Gasteiger partial charge in [0.1, 0.15) is 5.82 Å². The Bertz CT molecular complexity index is 785. The molecule has 7 heteroatoms. The Morgan fingerprint density at radius 1 is 1.17 bits per heavy atom. The lowest BCUT2D eigenvalue weighted by Gasteiger charge is -2.07. The van der Waals surface area contributed by atoms with Crippen molar-refractivity contribution in [1.29, 1.82) is 0 Å². The molecule has 0 N–H and O–H groups in total. The highest BCUT2D eigenvalue weighted by Crippen LogP contribution is 2.32. The fourth-order valence-electron chi connectivity index (χ4n) is 2.20. The summed E-state index contributed by atoms with van der Waals surface area (Å²) in [5, 5.41) is 0.133. The Hall–Kier alpha value is -2.60. The van der Waals surface area contributed by atoms with E-state index in [1.165, 1.54) is 24.3 Å². The van der Waals surface area contributed by atoms with Crippen LogP contribution in [0.5, 0.6) is 11.5 Å². The molecule has 5 nitrogen and oxygen atoms in total. The van der Waals surface area contributed by atoms with Gasteiger partial charge in [0, 0.05) is 16.1 Å².